The highest BCUT2D eigenvalue weighted by Gasteiger charge is 2.21. The predicted octanol–water partition coefficient (Wildman–Crippen LogP) is 2.47. The molecule has 1 aliphatic heterocycles. The lowest BCUT2D eigenvalue weighted by molar-refractivity contribution is -0.131. The van der Waals surface area contributed by atoms with Crippen LogP contribution in [-0.4, -0.2) is 62.6 Å². The highest BCUT2D eigenvalue weighted by atomic mass is 16.2. The number of piperazine rings is 1. The molecule has 1 aromatic rings. The fraction of sp³-hybridized carbons (Fsp3) is 0.636. The van der Waals surface area contributed by atoms with Gasteiger partial charge in [0.1, 0.15) is 0 Å². The lowest BCUT2D eigenvalue weighted by Gasteiger charge is -2.36. The van der Waals surface area contributed by atoms with Crippen molar-refractivity contribution in [3.05, 3.63) is 30.3 Å². The van der Waals surface area contributed by atoms with Crippen LogP contribution in [0.5, 0.6) is 0 Å². The van der Waals surface area contributed by atoms with Crippen LogP contribution in [0.3, 0.4) is 0 Å². The minimum absolute atomic E-state index is 0.224. The predicted molar refractivity (Wildman–Crippen MR) is 116 cm³/mol. The Morgan fingerprint density at radius 2 is 1.75 bits per heavy atom. The maximum Gasteiger partial charge on any atom is 0.224 e. The zero-order chi connectivity index (χ0) is 19.8. The molecule has 28 heavy (non-hydrogen) atoms. The van der Waals surface area contributed by atoms with E-state index in [-0.39, 0.29) is 5.91 Å². The van der Waals surface area contributed by atoms with E-state index in [0.29, 0.717) is 19.0 Å². The van der Waals surface area contributed by atoms with Crippen molar-refractivity contribution in [3.8, 4) is 0 Å². The number of anilines is 1. The highest BCUT2D eigenvalue weighted by Crippen LogP contribution is 2.23. The molecular weight excluding hydrogens is 350 g/mol. The molecule has 0 bridgehead atoms. The Labute approximate surface area is 169 Å². The molecule has 6 nitrogen and oxygen atoms in total. The topological polar surface area (TPSA) is 60.0 Å². The number of carbonyl (C=O) groups is 1. The largest absolute Gasteiger partial charge is 0.368 e. The average molecular weight is 386 g/mol. The van der Waals surface area contributed by atoms with E-state index >= 15 is 0 Å². The lowest BCUT2D eigenvalue weighted by Crippen LogP contribution is -2.50. The number of para-hydroxylation sites is 1. The van der Waals surface area contributed by atoms with E-state index in [4.69, 9.17) is 0 Å². The summed E-state index contributed by atoms with van der Waals surface area (Å²) in [6, 6.07) is 10.9. The van der Waals surface area contributed by atoms with Gasteiger partial charge in [-0.05, 0) is 43.7 Å². The Kier molecular flexibility index (Phi) is 7.57. The summed E-state index contributed by atoms with van der Waals surface area (Å²) < 4.78 is 0. The monoisotopic (exact) mass is 385 g/mol. The van der Waals surface area contributed by atoms with Crippen molar-refractivity contribution in [1.29, 1.82) is 0 Å². The molecular formula is C22H35N5O. The summed E-state index contributed by atoms with van der Waals surface area (Å²) in [5.41, 5.74) is 1.24. The molecule has 6 heteroatoms. The Bertz CT molecular complexity index is 632. The van der Waals surface area contributed by atoms with Crippen molar-refractivity contribution in [3.63, 3.8) is 0 Å². The van der Waals surface area contributed by atoms with Crippen LogP contribution in [0.1, 0.15) is 39.0 Å². The van der Waals surface area contributed by atoms with Gasteiger partial charge in [-0.1, -0.05) is 25.1 Å². The molecule has 3 rings (SSSR count). The van der Waals surface area contributed by atoms with Crippen LogP contribution in [0.25, 0.3) is 0 Å². The van der Waals surface area contributed by atoms with Crippen molar-refractivity contribution in [2.75, 3.05) is 44.7 Å². The molecule has 0 atom stereocenters. The summed E-state index contributed by atoms with van der Waals surface area (Å²) in [5.74, 6) is 1.89. The minimum atomic E-state index is 0.224. The number of rotatable bonds is 5. The summed E-state index contributed by atoms with van der Waals surface area (Å²) in [5, 5.41) is 6.82. The van der Waals surface area contributed by atoms with Crippen molar-refractivity contribution >= 4 is 17.6 Å². The molecule has 0 radical (unpaired) electrons. The molecule has 2 fully saturated rings. The van der Waals surface area contributed by atoms with E-state index in [9.17, 15) is 4.79 Å². The van der Waals surface area contributed by atoms with E-state index in [0.717, 1.165) is 38.1 Å². The third-order valence-corrected chi connectivity index (χ3v) is 5.97. The van der Waals surface area contributed by atoms with E-state index in [2.05, 4.69) is 51.7 Å². The van der Waals surface area contributed by atoms with E-state index in [1.54, 1.807) is 7.05 Å². The maximum absolute atomic E-state index is 12.5. The number of guanidine groups is 1. The summed E-state index contributed by atoms with van der Waals surface area (Å²) in [6.07, 6.45) is 5.47. The van der Waals surface area contributed by atoms with E-state index in [1.165, 1.54) is 31.4 Å². The summed E-state index contributed by atoms with van der Waals surface area (Å²) in [4.78, 5) is 21.2. The number of carbonyl (C=O) groups excluding carboxylic acids is 1. The zero-order valence-electron chi connectivity index (χ0n) is 17.4. The standard InChI is InChI=1S/C22H35N5O/c1-18-8-10-19(11-9-18)25-22(23-2)24-13-12-21(28)27-16-14-26(15-17-27)20-6-4-3-5-7-20/h3-7,18-19H,8-17H2,1-2H3,(H2,23,24,25). The van der Waals surface area contributed by atoms with Crippen molar-refractivity contribution in [2.45, 2.75) is 45.1 Å². The molecule has 154 valence electrons. The average Bonchev–Trinajstić information content (AvgIpc) is 2.75. The second-order valence-corrected chi connectivity index (χ2v) is 8.05. The number of hydrogen-bond donors (Lipinski definition) is 2. The van der Waals surface area contributed by atoms with Gasteiger partial charge < -0.3 is 20.4 Å². The fourth-order valence-electron chi connectivity index (χ4n) is 4.09. The van der Waals surface area contributed by atoms with Crippen molar-refractivity contribution < 1.29 is 4.79 Å². The SMILES string of the molecule is CN=C(NCCC(=O)N1CCN(c2ccccc2)CC1)NC1CCC(C)CC1. The summed E-state index contributed by atoms with van der Waals surface area (Å²) in [7, 11) is 1.80. The molecule has 1 saturated heterocycles. The molecule has 0 spiro atoms. The number of nitrogens with one attached hydrogen (secondary N) is 2. The highest BCUT2D eigenvalue weighted by molar-refractivity contribution is 5.81. The summed E-state index contributed by atoms with van der Waals surface area (Å²) >= 11 is 0. The molecule has 1 heterocycles. The number of hydrogen-bond acceptors (Lipinski definition) is 3. The maximum atomic E-state index is 12.5. The number of amides is 1. The van der Waals surface area contributed by atoms with Gasteiger partial charge in [-0.3, -0.25) is 9.79 Å². The van der Waals surface area contributed by atoms with Gasteiger partial charge in [0.15, 0.2) is 5.96 Å². The molecule has 2 N–H and O–H groups in total. The first kappa shape index (κ1) is 20.5. The van der Waals surface area contributed by atoms with Gasteiger partial charge in [0, 0.05) is 57.9 Å². The van der Waals surface area contributed by atoms with Gasteiger partial charge in [0.2, 0.25) is 5.91 Å². The molecule has 2 aliphatic rings. The van der Waals surface area contributed by atoms with Gasteiger partial charge >= 0.3 is 0 Å². The van der Waals surface area contributed by atoms with Gasteiger partial charge in [-0.15, -0.1) is 0 Å². The Morgan fingerprint density at radius 3 is 2.39 bits per heavy atom. The Balaban J connectivity index is 1.35. The third-order valence-electron chi connectivity index (χ3n) is 5.97. The minimum Gasteiger partial charge on any atom is -0.368 e. The van der Waals surface area contributed by atoms with E-state index < -0.39 is 0 Å². The molecule has 1 saturated carbocycles. The Morgan fingerprint density at radius 1 is 1.07 bits per heavy atom. The van der Waals surface area contributed by atoms with Gasteiger partial charge in [-0.25, -0.2) is 0 Å². The van der Waals surface area contributed by atoms with Gasteiger partial charge in [-0.2, -0.15) is 0 Å². The van der Waals surface area contributed by atoms with E-state index in [1.807, 2.05) is 11.0 Å². The van der Waals surface area contributed by atoms with Crippen LogP contribution in [0, 0.1) is 5.92 Å². The summed E-state index contributed by atoms with van der Waals surface area (Å²) in [6.45, 7) is 6.33. The normalized spacial score (nSPS) is 23.4. The van der Waals surface area contributed by atoms with Crippen LogP contribution in [0.4, 0.5) is 5.69 Å². The van der Waals surface area contributed by atoms with Crippen LogP contribution in [0.2, 0.25) is 0 Å². The Hall–Kier alpha value is -2.24. The number of benzene rings is 1. The van der Waals surface area contributed by atoms with Crippen LogP contribution < -0.4 is 15.5 Å². The first-order valence-corrected chi connectivity index (χ1v) is 10.7. The molecule has 0 aromatic heterocycles. The zero-order valence-corrected chi connectivity index (χ0v) is 17.4. The first-order chi connectivity index (χ1) is 13.7. The quantitative estimate of drug-likeness (QED) is 0.604. The second kappa shape index (κ2) is 10.3. The van der Waals surface area contributed by atoms with Crippen LogP contribution in [-0.2, 0) is 4.79 Å². The second-order valence-electron chi connectivity index (χ2n) is 8.05. The van der Waals surface area contributed by atoms with Gasteiger partial charge in [0.25, 0.3) is 0 Å². The third kappa shape index (κ3) is 5.88. The van der Waals surface area contributed by atoms with Crippen molar-refractivity contribution in [2.24, 2.45) is 10.9 Å². The van der Waals surface area contributed by atoms with Gasteiger partial charge in [0.05, 0.1) is 0 Å². The number of aliphatic imine (C=N–C) groups is 1. The lowest BCUT2D eigenvalue weighted by atomic mass is 9.87. The fourth-order valence-corrected chi connectivity index (χ4v) is 4.09. The van der Waals surface area contributed by atoms with Crippen LogP contribution >= 0.6 is 0 Å². The van der Waals surface area contributed by atoms with Crippen LogP contribution in [0.15, 0.2) is 35.3 Å². The molecule has 1 aromatic carbocycles. The smallest absolute Gasteiger partial charge is 0.224 e. The molecule has 0 unspecified atom stereocenters. The first-order valence-electron chi connectivity index (χ1n) is 10.7. The molecule has 1 aliphatic carbocycles. The molecule has 1 amide bonds. The van der Waals surface area contributed by atoms with Crippen molar-refractivity contribution in [1.82, 2.24) is 15.5 Å². The number of nitrogens with zero attached hydrogens (tertiary/aromatic N) is 3.